The molecule has 106 valence electrons. The number of aromatic nitrogens is 4. The van der Waals surface area contributed by atoms with Crippen LogP contribution in [0.3, 0.4) is 0 Å². The average Bonchev–Trinajstić information content (AvgIpc) is 2.88. The van der Waals surface area contributed by atoms with Gasteiger partial charge in [0.25, 0.3) is 5.78 Å². The van der Waals surface area contributed by atoms with Gasteiger partial charge in [-0.25, -0.2) is 4.98 Å². The smallest absolute Gasteiger partial charge is 0.307 e. The molecule has 1 N–H and O–H groups in total. The molecule has 0 bridgehead atoms. The van der Waals surface area contributed by atoms with Crippen LogP contribution in [-0.2, 0) is 11.2 Å². The van der Waals surface area contributed by atoms with Crippen molar-refractivity contribution in [2.75, 3.05) is 0 Å². The number of nitrogens with zero attached hydrogens (tertiary/aromatic N) is 4. The average molecular weight is 300 g/mol. The Morgan fingerprint density at radius 3 is 2.81 bits per heavy atom. The van der Waals surface area contributed by atoms with E-state index < -0.39 is 5.97 Å². The van der Waals surface area contributed by atoms with Crippen molar-refractivity contribution in [3.8, 4) is 0 Å². The van der Waals surface area contributed by atoms with E-state index in [0.717, 1.165) is 21.2 Å². The topological polar surface area (TPSA) is 80.4 Å². The van der Waals surface area contributed by atoms with Crippen molar-refractivity contribution in [2.45, 2.75) is 23.3 Å². The maximum Gasteiger partial charge on any atom is 0.307 e. The number of rotatable bonds is 4. The van der Waals surface area contributed by atoms with Crippen LogP contribution in [0.5, 0.6) is 0 Å². The zero-order valence-corrected chi connectivity index (χ0v) is 12.0. The molecule has 0 saturated heterocycles. The van der Waals surface area contributed by atoms with E-state index in [1.54, 1.807) is 4.52 Å². The van der Waals surface area contributed by atoms with Gasteiger partial charge in [0.15, 0.2) is 0 Å². The number of fused-ring (bicyclic) bond motifs is 1. The Balaban J connectivity index is 1.88. The molecule has 3 aromatic rings. The predicted octanol–water partition coefficient (Wildman–Crippen LogP) is 2.21. The van der Waals surface area contributed by atoms with Gasteiger partial charge in [0, 0.05) is 10.6 Å². The number of carbonyl (C=O) groups is 1. The summed E-state index contributed by atoms with van der Waals surface area (Å²) >= 11 is 1.54. The number of hydrogen-bond acceptors (Lipinski definition) is 5. The summed E-state index contributed by atoms with van der Waals surface area (Å²) < 4.78 is 1.68. The molecular weight excluding hydrogens is 288 g/mol. The fourth-order valence-electron chi connectivity index (χ4n) is 1.94. The van der Waals surface area contributed by atoms with Gasteiger partial charge in [0.1, 0.15) is 11.4 Å². The van der Waals surface area contributed by atoms with Crippen molar-refractivity contribution >= 4 is 23.5 Å². The molecule has 21 heavy (non-hydrogen) atoms. The zero-order valence-electron chi connectivity index (χ0n) is 11.2. The van der Waals surface area contributed by atoms with Crippen molar-refractivity contribution < 1.29 is 9.90 Å². The number of aliphatic carboxylic acids is 1. The molecule has 0 unspecified atom stereocenters. The highest BCUT2D eigenvalue weighted by atomic mass is 32.2. The lowest BCUT2D eigenvalue weighted by Gasteiger charge is -2.05. The highest BCUT2D eigenvalue weighted by Gasteiger charge is 2.08. The van der Waals surface area contributed by atoms with Crippen LogP contribution in [0.4, 0.5) is 0 Å². The van der Waals surface area contributed by atoms with E-state index in [1.165, 1.54) is 18.1 Å². The van der Waals surface area contributed by atoms with Crippen molar-refractivity contribution in [3.63, 3.8) is 0 Å². The summed E-state index contributed by atoms with van der Waals surface area (Å²) in [6.07, 6.45) is 1.51. The normalized spacial score (nSPS) is 10.9. The molecule has 0 fully saturated rings. The van der Waals surface area contributed by atoms with Gasteiger partial charge < -0.3 is 5.11 Å². The van der Waals surface area contributed by atoms with Crippen molar-refractivity contribution in [3.05, 3.63) is 47.9 Å². The standard InChI is InChI=1S/C14H12N4O2S/c1-9-6-12(18-14(17-9)15-8-16-18)21-11-4-2-10(3-5-11)7-13(19)20/h2-6,8H,7H2,1H3,(H,19,20). The monoisotopic (exact) mass is 300 g/mol. The van der Waals surface area contributed by atoms with Gasteiger partial charge in [0.05, 0.1) is 6.42 Å². The zero-order chi connectivity index (χ0) is 14.8. The maximum atomic E-state index is 10.7. The summed E-state index contributed by atoms with van der Waals surface area (Å²) in [6, 6.07) is 9.40. The Labute approximate surface area is 124 Å². The van der Waals surface area contributed by atoms with Gasteiger partial charge in [-0.15, -0.1) is 0 Å². The number of aryl methyl sites for hydroxylation is 1. The number of hydrogen-bond donors (Lipinski definition) is 1. The lowest BCUT2D eigenvalue weighted by Crippen LogP contribution is -1.99. The molecular formula is C14H12N4O2S. The van der Waals surface area contributed by atoms with Crippen LogP contribution in [0.25, 0.3) is 5.78 Å². The summed E-state index contributed by atoms with van der Waals surface area (Å²) in [5, 5.41) is 13.8. The van der Waals surface area contributed by atoms with E-state index >= 15 is 0 Å². The van der Waals surface area contributed by atoms with Gasteiger partial charge in [-0.05, 0) is 30.7 Å². The first kappa shape index (κ1) is 13.6. The van der Waals surface area contributed by atoms with Crippen LogP contribution in [0.15, 0.2) is 46.6 Å². The van der Waals surface area contributed by atoms with Crippen molar-refractivity contribution in [1.82, 2.24) is 19.6 Å². The summed E-state index contributed by atoms with van der Waals surface area (Å²) in [5.41, 5.74) is 1.66. The second-order valence-corrected chi connectivity index (χ2v) is 5.62. The lowest BCUT2D eigenvalue weighted by molar-refractivity contribution is -0.136. The van der Waals surface area contributed by atoms with E-state index in [-0.39, 0.29) is 6.42 Å². The molecule has 0 spiro atoms. The molecule has 0 aliphatic carbocycles. The quantitative estimate of drug-likeness (QED) is 0.744. The first-order valence-corrected chi connectivity index (χ1v) is 7.09. The predicted molar refractivity (Wildman–Crippen MR) is 77.4 cm³/mol. The molecule has 0 amide bonds. The maximum absolute atomic E-state index is 10.7. The molecule has 3 rings (SSSR count). The van der Waals surface area contributed by atoms with Crippen molar-refractivity contribution in [2.24, 2.45) is 0 Å². The third kappa shape index (κ3) is 3.03. The second kappa shape index (κ2) is 5.53. The van der Waals surface area contributed by atoms with Gasteiger partial charge in [0.2, 0.25) is 0 Å². The van der Waals surface area contributed by atoms with Gasteiger partial charge in [-0.3, -0.25) is 4.79 Å². The summed E-state index contributed by atoms with van der Waals surface area (Å²) in [4.78, 5) is 20.1. The fourth-order valence-corrected chi connectivity index (χ4v) is 2.90. The Bertz CT molecular complexity index is 798. The number of carboxylic acid groups (broad SMARTS) is 1. The summed E-state index contributed by atoms with van der Waals surface area (Å²) in [5.74, 6) is -0.260. The highest BCUT2D eigenvalue weighted by Crippen LogP contribution is 2.28. The molecule has 1 aromatic carbocycles. The summed E-state index contributed by atoms with van der Waals surface area (Å²) in [7, 11) is 0. The SMILES string of the molecule is Cc1cc(Sc2ccc(CC(=O)O)cc2)n2ncnc2n1. The lowest BCUT2D eigenvalue weighted by atomic mass is 10.2. The Hall–Kier alpha value is -2.41. The van der Waals surface area contributed by atoms with E-state index in [2.05, 4.69) is 15.1 Å². The highest BCUT2D eigenvalue weighted by molar-refractivity contribution is 7.99. The van der Waals surface area contributed by atoms with Gasteiger partial charge >= 0.3 is 5.97 Å². The van der Waals surface area contributed by atoms with E-state index in [0.29, 0.717) is 5.78 Å². The molecule has 0 radical (unpaired) electrons. The summed E-state index contributed by atoms with van der Waals surface area (Å²) in [6.45, 7) is 1.91. The van der Waals surface area contributed by atoms with Crippen LogP contribution in [0, 0.1) is 6.92 Å². The molecule has 0 aliphatic rings. The molecule has 7 heteroatoms. The minimum atomic E-state index is -0.829. The largest absolute Gasteiger partial charge is 0.481 e. The number of carboxylic acids is 1. The van der Waals surface area contributed by atoms with Gasteiger partial charge in [-0.1, -0.05) is 23.9 Å². The van der Waals surface area contributed by atoms with Crippen LogP contribution in [0.1, 0.15) is 11.3 Å². The molecule has 6 nitrogen and oxygen atoms in total. The molecule has 0 atom stereocenters. The minimum Gasteiger partial charge on any atom is -0.481 e. The van der Waals surface area contributed by atoms with Crippen LogP contribution < -0.4 is 0 Å². The van der Waals surface area contributed by atoms with E-state index in [9.17, 15) is 4.79 Å². The third-order valence-electron chi connectivity index (χ3n) is 2.85. The fraction of sp³-hybridized carbons (Fsp3) is 0.143. The first-order valence-electron chi connectivity index (χ1n) is 6.28. The van der Waals surface area contributed by atoms with Crippen LogP contribution in [0.2, 0.25) is 0 Å². The third-order valence-corrected chi connectivity index (χ3v) is 3.86. The molecule has 2 heterocycles. The number of benzene rings is 1. The van der Waals surface area contributed by atoms with Crippen LogP contribution >= 0.6 is 11.8 Å². The Kier molecular flexibility index (Phi) is 3.57. The first-order chi connectivity index (χ1) is 10.1. The second-order valence-electron chi connectivity index (χ2n) is 4.52. The Morgan fingerprint density at radius 2 is 2.10 bits per heavy atom. The molecule has 0 aliphatic heterocycles. The van der Waals surface area contributed by atoms with Crippen molar-refractivity contribution in [1.29, 1.82) is 0 Å². The Morgan fingerprint density at radius 1 is 1.33 bits per heavy atom. The van der Waals surface area contributed by atoms with E-state index in [4.69, 9.17) is 5.11 Å². The molecule has 0 saturated carbocycles. The minimum absolute atomic E-state index is 0.0344. The molecule has 2 aromatic heterocycles. The van der Waals surface area contributed by atoms with E-state index in [1.807, 2.05) is 37.3 Å². The van der Waals surface area contributed by atoms with Crippen LogP contribution in [-0.4, -0.2) is 30.7 Å². The van der Waals surface area contributed by atoms with Gasteiger partial charge in [-0.2, -0.15) is 14.6 Å².